The highest BCUT2D eigenvalue weighted by Crippen LogP contribution is 2.38. The summed E-state index contributed by atoms with van der Waals surface area (Å²) in [5.41, 5.74) is 8.97. The van der Waals surface area contributed by atoms with Crippen molar-refractivity contribution < 1.29 is 14.3 Å². The monoisotopic (exact) mass is 468 g/mol. The number of carbonyl (C=O) groups is 2. The van der Waals surface area contributed by atoms with Crippen LogP contribution >= 0.6 is 0 Å². The zero-order chi connectivity index (χ0) is 25.3. The fraction of sp³-hybridized carbons (Fsp3) is 0.440. The first-order chi connectivity index (χ1) is 16.4. The van der Waals surface area contributed by atoms with Gasteiger partial charge in [-0.1, -0.05) is 32.9 Å². The van der Waals surface area contributed by atoms with E-state index in [1.54, 1.807) is 22.9 Å². The number of anilines is 1. The number of nitrogens with one attached hydrogen (secondary N) is 1. The van der Waals surface area contributed by atoms with Gasteiger partial charge in [0.2, 0.25) is 11.9 Å². The quantitative estimate of drug-likeness (QED) is 0.389. The average molecular weight is 469 g/mol. The second-order valence-corrected chi connectivity index (χ2v) is 7.49. The molecule has 0 spiro atoms. The second-order valence-electron chi connectivity index (χ2n) is 7.49. The number of nitrogens with zero attached hydrogens (tertiary/aromatic N) is 4. The SMILES string of the molecule is CC.CC/C=C/CC1COc2cc(C(N)=O)cc3nc(NC)n1c23.CCn1nc(C)cc1C=O. The van der Waals surface area contributed by atoms with Gasteiger partial charge in [0.05, 0.1) is 17.3 Å². The van der Waals surface area contributed by atoms with E-state index in [-0.39, 0.29) is 6.04 Å². The van der Waals surface area contributed by atoms with Crippen LogP contribution in [0.3, 0.4) is 0 Å². The van der Waals surface area contributed by atoms with Crippen LogP contribution in [0, 0.1) is 6.92 Å². The lowest BCUT2D eigenvalue weighted by molar-refractivity contribution is 0.0999. The molecule has 0 aliphatic carbocycles. The summed E-state index contributed by atoms with van der Waals surface area (Å²) in [6.45, 7) is 11.2. The molecule has 3 aromatic rings. The van der Waals surface area contributed by atoms with E-state index in [0.29, 0.717) is 23.6 Å². The standard InChI is InChI=1S/C16H20N4O2.C7H10N2O.C2H6/c1-3-4-5-6-11-9-22-13-8-10(15(17)21)7-12-14(13)20(11)16(18-2)19-12;1-3-9-7(5-10)4-6(2)8-9;1-2/h4-5,7-8,11H,3,6,9H2,1-2H3,(H2,17,21)(H,18,19);4-5H,3H2,1-2H3;1-2H3/b5-4+;;. The molecule has 9 nitrogen and oxygen atoms in total. The molecule has 184 valence electrons. The molecule has 2 aromatic heterocycles. The van der Waals surface area contributed by atoms with Crippen LogP contribution < -0.4 is 15.8 Å². The molecule has 0 bridgehead atoms. The fourth-order valence-corrected chi connectivity index (χ4v) is 3.75. The molecule has 34 heavy (non-hydrogen) atoms. The molecular formula is C25H36N6O3. The van der Waals surface area contributed by atoms with Crippen LogP contribution in [0.15, 0.2) is 30.4 Å². The number of ether oxygens (including phenoxy) is 1. The summed E-state index contributed by atoms with van der Waals surface area (Å²) < 4.78 is 9.69. The van der Waals surface area contributed by atoms with E-state index in [1.807, 2.05) is 34.7 Å². The molecule has 1 aliphatic rings. The van der Waals surface area contributed by atoms with Crippen molar-refractivity contribution >= 4 is 29.2 Å². The molecule has 1 aromatic carbocycles. The Morgan fingerprint density at radius 2 is 2.00 bits per heavy atom. The fourth-order valence-electron chi connectivity index (χ4n) is 3.75. The number of hydrogen-bond acceptors (Lipinski definition) is 6. The van der Waals surface area contributed by atoms with Gasteiger partial charge in [-0.05, 0) is 44.9 Å². The number of carbonyl (C=O) groups excluding carboxylic acids is 2. The van der Waals surface area contributed by atoms with Crippen molar-refractivity contribution in [1.29, 1.82) is 0 Å². The molecule has 3 N–H and O–H groups in total. The molecule has 1 atom stereocenters. The summed E-state index contributed by atoms with van der Waals surface area (Å²) in [7, 11) is 1.84. The normalized spacial score (nSPS) is 14.0. The number of primary amides is 1. The Labute approximate surface area is 201 Å². The number of aromatic nitrogens is 4. The van der Waals surface area contributed by atoms with Gasteiger partial charge in [-0.2, -0.15) is 5.10 Å². The summed E-state index contributed by atoms with van der Waals surface area (Å²) in [6.07, 6.45) is 7.04. The third kappa shape index (κ3) is 5.84. The van der Waals surface area contributed by atoms with Crippen molar-refractivity contribution in [3.63, 3.8) is 0 Å². The number of amides is 1. The van der Waals surface area contributed by atoms with Crippen LogP contribution in [-0.2, 0) is 6.54 Å². The number of aldehydes is 1. The Morgan fingerprint density at radius 3 is 2.56 bits per heavy atom. The van der Waals surface area contributed by atoms with Gasteiger partial charge in [-0.15, -0.1) is 0 Å². The van der Waals surface area contributed by atoms with E-state index in [4.69, 9.17) is 10.5 Å². The summed E-state index contributed by atoms with van der Waals surface area (Å²) in [6, 6.07) is 5.37. The zero-order valence-electron chi connectivity index (χ0n) is 21.0. The maximum Gasteiger partial charge on any atom is 0.248 e. The maximum atomic E-state index is 11.4. The highest BCUT2D eigenvalue weighted by Gasteiger charge is 2.27. The predicted octanol–water partition coefficient (Wildman–Crippen LogP) is 4.52. The minimum Gasteiger partial charge on any atom is -0.489 e. The van der Waals surface area contributed by atoms with Gasteiger partial charge in [0.1, 0.15) is 23.6 Å². The Morgan fingerprint density at radius 1 is 1.26 bits per heavy atom. The van der Waals surface area contributed by atoms with Crippen molar-refractivity contribution in [2.75, 3.05) is 19.0 Å². The minimum absolute atomic E-state index is 0.183. The summed E-state index contributed by atoms with van der Waals surface area (Å²) in [4.78, 5) is 26.3. The topological polar surface area (TPSA) is 117 Å². The first-order valence-electron chi connectivity index (χ1n) is 11.7. The number of benzene rings is 1. The second kappa shape index (κ2) is 12.6. The van der Waals surface area contributed by atoms with E-state index >= 15 is 0 Å². The highest BCUT2D eigenvalue weighted by atomic mass is 16.5. The molecule has 0 radical (unpaired) electrons. The van der Waals surface area contributed by atoms with E-state index in [0.717, 1.165) is 48.3 Å². The lowest BCUT2D eigenvalue weighted by atomic mass is 10.1. The Kier molecular flexibility index (Phi) is 9.85. The molecule has 0 fully saturated rings. The number of aryl methyl sites for hydroxylation is 2. The van der Waals surface area contributed by atoms with Gasteiger partial charge in [-0.25, -0.2) is 4.98 Å². The van der Waals surface area contributed by atoms with Gasteiger partial charge in [-0.3, -0.25) is 14.3 Å². The molecule has 9 heteroatoms. The highest BCUT2D eigenvalue weighted by molar-refractivity contribution is 5.99. The van der Waals surface area contributed by atoms with Crippen LogP contribution in [-0.4, -0.2) is 45.2 Å². The van der Waals surface area contributed by atoms with Crippen molar-refractivity contribution in [3.05, 3.63) is 47.3 Å². The molecule has 1 amide bonds. The first-order valence-corrected chi connectivity index (χ1v) is 11.7. The van der Waals surface area contributed by atoms with Gasteiger partial charge in [0.15, 0.2) is 6.29 Å². The lowest BCUT2D eigenvalue weighted by Crippen LogP contribution is -2.23. The Hall–Kier alpha value is -3.62. The molecular weight excluding hydrogens is 432 g/mol. The molecule has 3 heterocycles. The van der Waals surface area contributed by atoms with Gasteiger partial charge in [0.25, 0.3) is 0 Å². The van der Waals surface area contributed by atoms with Crippen LogP contribution in [0.4, 0.5) is 5.95 Å². The molecule has 1 unspecified atom stereocenters. The third-order valence-corrected chi connectivity index (χ3v) is 5.22. The maximum absolute atomic E-state index is 11.4. The summed E-state index contributed by atoms with van der Waals surface area (Å²) in [5, 5.41) is 7.21. The lowest BCUT2D eigenvalue weighted by Gasteiger charge is -2.26. The zero-order valence-corrected chi connectivity index (χ0v) is 21.0. The number of nitrogens with two attached hydrogens (primary N) is 1. The third-order valence-electron chi connectivity index (χ3n) is 5.22. The number of hydrogen-bond donors (Lipinski definition) is 2. The van der Waals surface area contributed by atoms with E-state index in [2.05, 4.69) is 39.0 Å². The number of imidazole rings is 1. The van der Waals surface area contributed by atoms with Crippen LogP contribution in [0.5, 0.6) is 5.75 Å². The predicted molar refractivity (Wildman–Crippen MR) is 136 cm³/mol. The largest absolute Gasteiger partial charge is 0.489 e. The van der Waals surface area contributed by atoms with Crippen LogP contribution in [0.25, 0.3) is 11.0 Å². The van der Waals surface area contributed by atoms with Crippen LogP contribution in [0.2, 0.25) is 0 Å². The van der Waals surface area contributed by atoms with Crippen molar-refractivity contribution in [2.24, 2.45) is 5.73 Å². The molecule has 1 aliphatic heterocycles. The van der Waals surface area contributed by atoms with E-state index < -0.39 is 5.91 Å². The van der Waals surface area contributed by atoms with E-state index in [1.165, 1.54) is 0 Å². The minimum atomic E-state index is -0.477. The van der Waals surface area contributed by atoms with Crippen molar-refractivity contribution in [2.45, 2.75) is 60.0 Å². The van der Waals surface area contributed by atoms with Crippen LogP contribution in [0.1, 0.15) is 73.1 Å². The van der Waals surface area contributed by atoms with Crippen molar-refractivity contribution in [1.82, 2.24) is 19.3 Å². The van der Waals surface area contributed by atoms with Crippen molar-refractivity contribution in [3.8, 4) is 5.75 Å². The molecule has 0 saturated heterocycles. The summed E-state index contributed by atoms with van der Waals surface area (Å²) in [5.74, 6) is 0.961. The number of rotatable bonds is 7. The molecule has 0 saturated carbocycles. The first kappa shape index (κ1) is 26.6. The van der Waals surface area contributed by atoms with Gasteiger partial charge >= 0.3 is 0 Å². The van der Waals surface area contributed by atoms with Gasteiger partial charge in [0, 0.05) is 19.2 Å². The Balaban J connectivity index is 0.000000286. The smallest absolute Gasteiger partial charge is 0.248 e. The van der Waals surface area contributed by atoms with Gasteiger partial charge < -0.3 is 20.4 Å². The summed E-state index contributed by atoms with van der Waals surface area (Å²) >= 11 is 0. The number of allylic oxidation sites excluding steroid dienone is 2. The van der Waals surface area contributed by atoms with E-state index in [9.17, 15) is 9.59 Å². The molecule has 4 rings (SSSR count). The average Bonchev–Trinajstić information content (AvgIpc) is 3.42. The Bertz CT molecular complexity index is 1150.